The van der Waals surface area contributed by atoms with E-state index in [0.717, 1.165) is 0 Å². The summed E-state index contributed by atoms with van der Waals surface area (Å²) in [5.41, 5.74) is 0. The largest absolute Gasteiger partial charge is 0.394 e. The topological polar surface area (TPSA) is 77.8 Å². The third kappa shape index (κ3) is 1.99. The van der Waals surface area contributed by atoms with Gasteiger partial charge in [0.2, 0.25) is 0 Å². The smallest absolute Gasteiger partial charge is 0.159 e. The van der Waals surface area contributed by atoms with Crippen molar-refractivity contribution >= 4 is 11.1 Å². The lowest BCUT2D eigenvalue weighted by atomic mass is 10.2. The molecule has 3 N–H and O–H groups in total. The summed E-state index contributed by atoms with van der Waals surface area (Å²) in [6.45, 7) is -0.334. The molecule has 1 aliphatic carbocycles. The number of aliphatic hydroxyl groups is 2. The maximum atomic E-state index is 10.7. The SMILES string of the molecule is O=S(O)C1(C[C@H](O)CO)CC1. The van der Waals surface area contributed by atoms with E-state index in [0.29, 0.717) is 12.8 Å². The van der Waals surface area contributed by atoms with Gasteiger partial charge in [-0.05, 0) is 19.3 Å². The van der Waals surface area contributed by atoms with Gasteiger partial charge in [-0.15, -0.1) is 0 Å². The van der Waals surface area contributed by atoms with Crippen LogP contribution in [0.4, 0.5) is 0 Å². The summed E-state index contributed by atoms with van der Waals surface area (Å²) in [6.07, 6.45) is 0.723. The molecule has 0 aromatic carbocycles. The third-order valence-corrected chi connectivity index (χ3v) is 3.31. The van der Waals surface area contributed by atoms with Crippen molar-refractivity contribution in [2.24, 2.45) is 0 Å². The van der Waals surface area contributed by atoms with E-state index in [1.54, 1.807) is 0 Å². The molecule has 0 saturated heterocycles. The van der Waals surface area contributed by atoms with Crippen LogP contribution in [0.1, 0.15) is 19.3 Å². The molecule has 66 valence electrons. The van der Waals surface area contributed by atoms with E-state index < -0.39 is 21.9 Å². The average molecular weight is 180 g/mol. The number of rotatable bonds is 4. The fourth-order valence-corrected chi connectivity index (χ4v) is 1.87. The van der Waals surface area contributed by atoms with E-state index in [4.69, 9.17) is 14.8 Å². The Labute approximate surface area is 67.5 Å². The molecule has 1 unspecified atom stereocenters. The highest BCUT2D eigenvalue weighted by atomic mass is 32.2. The Morgan fingerprint density at radius 3 is 2.36 bits per heavy atom. The Morgan fingerprint density at radius 1 is 1.55 bits per heavy atom. The molecule has 1 rings (SSSR count). The van der Waals surface area contributed by atoms with Gasteiger partial charge in [0.25, 0.3) is 0 Å². The summed E-state index contributed by atoms with van der Waals surface area (Å²) in [5.74, 6) is 0. The standard InChI is InChI=1S/C6H12O4S/c7-4-5(8)3-6(1-2-6)11(9)10/h5,7-8H,1-4H2,(H,9,10)/t5-/m0/s1. The lowest BCUT2D eigenvalue weighted by Gasteiger charge is -2.13. The quantitative estimate of drug-likeness (QED) is 0.509. The summed E-state index contributed by atoms with van der Waals surface area (Å²) >= 11 is -1.86. The van der Waals surface area contributed by atoms with Gasteiger partial charge in [0.1, 0.15) is 0 Å². The molecule has 5 heteroatoms. The lowest BCUT2D eigenvalue weighted by molar-refractivity contribution is 0.0857. The van der Waals surface area contributed by atoms with Gasteiger partial charge in [-0.1, -0.05) is 0 Å². The maximum Gasteiger partial charge on any atom is 0.159 e. The minimum atomic E-state index is -1.86. The van der Waals surface area contributed by atoms with E-state index in [2.05, 4.69) is 0 Å². The van der Waals surface area contributed by atoms with Gasteiger partial charge in [0.05, 0.1) is 17.5 Å². The monoisotopic (exact) mass is 180 g/mol. The highest BCUT2D eigenvalue weighted by molar-refractivity contribution is 7.81. The molecule has 0 aromatic rings. The van der Waals surface area contributed by atoms with E-state index in [-0.39, 0.29) is 13.0 Å². The van der Waals surface area contributed by atoms with Crippen LogP contribution in [0.15, 0.2) is 0 Å². The van der Waals surface area contributed by atoms with Gasteiger partial charge in [-0.3, -0.25) is 0 Å². The summed E-state index contributed by atoms with van der Waals surface area (Å²) in [7, 11) is 0. The number of hydrogen-bond donors (Lipinski definition) is 3. The normalized spacial score (nSPS) is 26.1. The summed E-state index contributed by atoms with van der Waals surface area (Å²) in [4.78, 5) is 0. The molecule has 1 saturated carbocycles. The van der Waals surface area contributed by atoms with Gasteiger partial charge in [0.15, 0.2) is 11.1 Å². The first-order valence-electron chi connectivity index (χ1n) is 3.50. The molecule has 0 aromatic heterocycles. The van der Waals surface area contributed by atoms with Crippen molar-refractivity contribution in [2.75, 3.05) is 6.61 Å². The van der Waals surface area contributed by atoms with Gasteiger partial charge in [0, 0.05) is 0 Å². The van der Waals surface area contributed by atoms with Crippen LogP contribution in [-0.2, 0) is 11.1 Å². The van der Waals surface area contributed by atoms with Crippen LogP contribution in [0.2, 0.25) is 0 Å². The summed E-state index contributed by atoms with van der Waals surface area (Å²) in [5, 5.41) is 17.5. The molecule has 11 heavy (non-hydrogen) atoms. The van der Waals surface area contributed by atoms with E-state index in [1.807, 2.05) is 0 Å². The van der Waals surface area contributed by atoms with Gasteiger partial charge < -0.3 is 14.8 Å². The Balaban J connectivity index is 2.41. The van der Waals surface area contributed by atoms with Crippen LogP contribution in [0.3, 0.4) is 0 Å². The molecule has 0 aliphatic heterocycles. The fraction of sp³-hybridized carbons (Fsp3) is 1.00. The van der Waals surface area contributed by atoms with Gasteiger partial charge >= 0.3 is 0 Å². The average Bonchev–Trinajstić information content (AvgIpc) is 2.69. The molecular weight excluding hydrogens is 168 g/mol. The molecule has 1 fully saturated rings. The van der Waals surface area contributed by atoms with Crippen molar-refractivity contribution in [2.45, 2.75) is 30.1 Å². The second kappa shape index (κ2) is 3.18. The van der Waals surface area contributed by atoms with Crippen LogP contribution in [0, 0.1) is 0 Å². The molecule has 0 radical (unpaired) electrons. The van der Waals surface area contributed by atoms with Gasteiger partial charge in [-0.25, -0.2) is 4.21 Å². The molecule has 2 atom stereocenters. The van der Waals surface area contributed by atoms with Crippen molar-refractivity contribution in [3.05, 3.63) is 0 Å². The highest BCUT2D eigenvalue weighted by Crippen LogP contribution is 2.44. The molecule has 0 spiro atoms. The van der Waals surface area contributed by atoms with E-state index in [1.165, 1.54) is 0 Å². The second-order valence-electron chi connectivity index (χ2n) is 2.97. The zero-order valence-electron chi connectivity index (χ0n) is 6.06. The van der Waals surface area contributed by atoms with Crippen molar-refractivity contribution in [1.29, 1.82) is 0 Å². The van der Waals surface area contributed by atoms with Crippen LogP contribution in [0.5, 0.6) is 0 Å². The molecule has 0 amide bonds. The van der Waals surface area contributed by atoms with Crippen LogP contribution in [0.25, 0.3) is 0 Å². The van der Waals surface area contributed by atoms with Crippen LogP contribution in [-0.4, -0.2) is 36.4 Å². The lowest BCUT2D eigenvalue weighted by Crippen LogP contribution is -2.25. The van der Waals surface area contributed by atoms with E-state index >= 15 is 0 Å². The molecule has 1 aliphatic rings. The molecule has 0 bridgehead atoms. The maximum absolute atomic E-state index is 10.7. The Hall–Kier alpha value is 0.0300. The molecular formula is C6H12O4S. The predicted octanol–water partition coefficient (Wildman–Crippen LogP) is -0.516. The zero-order chi connectivity index (χ0) is 8.48. The fourth-order valence-electron chi connectivity index (χ4n) is 1.08. The Bertz CT molecular complexity index is 166. The van der Waals surface area contributed by atoms with Crippen LogP contribution >= 0.6 is 0 Å². The summed E-state index contributed by atoms with van der Waals surface area (Å²) in [6, 6.07) is 0. The third-order valence-electron chi connectivity index (χ3n) is 2.00. The van der Waals surface area contributed by atoms with E-state index in [9.17, 15) is 4.21 Å². The number of hydrogen-bond acceptors (Lipinski definition) is 3. The minimum Gasteiger partial charge on any atom is -0.394 e. The second-order valence-corrected chi connectivity index (χ2v) is 4.34. The first-order valence-corrected chi connectivity index (χ1v) is 4.61. The first-order chi connectivity index (χ1) is 5.10. The highest BCUT2D eigenvalue weighted by Gasteiger charge is 2.49. The predicted molar refractivity (Wildman–Crippen MR) is 40.4 cm³/mol. The molecule has 4 nitrogen and oxygen atoms in total. The van der Waals surface area contributed by atoms with Gasteiger partial charge in [-0.2, -0.15) is 0 Å². The summed E-state index contributed by atoms with van der Waals surface area (Å²) < 4.78 is 18.8. The Morgan fingerprint density at radius 2 is 2.09 bits per heavy atom. The molecule has 0 heterocycles. The number of aliphatic hydroxyl groups excluding tert-OH is 2. The van der Waals surface area contributed by atoms with Crippen LogP contribution < -0.4 is 0 Å². The van der Waals surface area contributed by atoms with Crippen molar-refractivity contribution in [3.8, 4) is 0 Å². The Kier molecular flexibility index (Phi) is 2.64. The van der Waals surface area contributed by atoms with Crippen molar-refractivity contribution in [1.82, 2.24) is 0 Å². The first kappa shape index (κ1) is 9.12. The van der Waals surface area contributed by atoms with Crippen molar-refractivity contribution < 1.29 is 19.0 Å². The minimum absolute atomic E-state index is 0.229. The zero-order valence-corrected chi connectivity index (χ0v) is 6.88. The van der Waals surface area contributed by atoms with Crippen molar-refractivity contribution in [3.63, 3.8) is 0 Å².